The Morgan fingerprint density at radius 1 is 1.25 bits per heavy atom. The second-order valence-electron chi connectivity index (χ2n) is 4.45. The Labute approximate surface area is 117 Å². The Hall–Kier alpha value is -2.50. The second-order valence-corrected chi connectivity index (χ2v) is 4.45. The quantitative estimate of drug-likeness (QED) is 0.680. The van der Waals surface area contributed by atoms with Gasteiger partial charge in [-0.1, -0.05) is 18.2 Å². The molecule has 0 saturated heterocycles. The summed E-state index contributed by atoms with van der Waals surface area (Å²) in [7, 11) is 0. The number of benzene rings is 1. The topological polar surface area (TPSA) is 103 Å². The van der Waals surface area contributed by atoms with Gasteiger partial charge in [0.05, 0.1) is 23.1 Å². The van der Waals surface area contributed by atoms with E-state index in [1.54, 1.807) is 6.20 Å². The van der Waals surface area contributed by atoms with Crippen molar-refractivity contribution in [3.8, 4) is 0 Å². The summed E-state index contributed by atoms with van der Waals surface area (Å²) in [5.74, 6) is 0. The van der Waals surface area contributed by atoms with Gasteiger partial charge in [-0.3, -0.25) is 4.98 Å². The zero-order valence-electron chi connectivity index (χ0n) is 11.1. The number of pyridine rings is 1. The predicted octanol–water partition coefficient (Wildman–Crippen LogP) is 0.942. The first kappa shape index (κ1) is 13.9. The van der Waals surface area contributed by atoms with Crippen LogP contribution in [0.4, 0.5) is 16.2 Å². The van der Waals surface area contributed by atoms with Crippen molar-refractivity contribution in [1.29, 1.82) is 0 Å². The summed E-state index contributed by atoms with van der Waals surface area (Å²) in [5, 5.41) is 16.7. The van der Waals surface area contributed by atoms with Gasteiger partial charge in [0.2, 0.25) is 0 Å². The molecule has 0 atom stereocenters. The molecule has 1 heterocycles. The van der Waals surface area contributed by atoms with Crippen molar-refractivity contribution in [2.24, 2.45) is 0 Å². The van der Waals surface area contributed by atoms with E-state index in [0.29, 0.717) is 18.8 Å². The molecule has 1 aromatic carbocycles. The van der Waals surface area contributed by atoms with E-state index in [0.717, 1.165) is 29.4 Å². The van der Waals surface area contributed by atoms with Crippen LogP contribution >= 0.6 is 0 Å². The molecule has 0 spiro atoms. The van der Waals surface area contributed by atoms with Crippen LogP contribution in [-0.2, 0) is 0 Å². The zero-order valence-corrected chi connectivity index (χ0v) is 11.1. The first-order chi connectivity index (χ1) is 9.68. The third-order valence-electron chi connectivity index (χ3n) is 2.98. The molecule has 0 radical (unpaired) electrons. The molecule has 2 rings (SSSR count). The standard InChI is InChI=1S/C14H18N4O2/c15-11-9-18-12-6-2-1-5-10(12)13(11)16-7-3-4-8-17-14(19)20/h1-2,5-6,9,17H,3-4,7-8,15H2,(H,16,18)(H,19,20)/p-1. The molecule has 0 bridgehead atoms. The predicted molar refractivity (Wildman–Crippen MR) is 77.3 cm³/mol. The van der Waals surface area contributed by atoms with Gasteiger partial charge in [0, 0.05) is 18.5 Å². The Morgan fingerprint density at radius 2 is 2.00 bits per heavy atom. The Morgan fingerprint density at radius 3 is 2.80 bits per heavy atom. The molecule has 106 valence electrons. The summed E-state index contributed by atoms with van der Waals surface area (Å²) in [6.07, 6.45) is 1.98. The summed E-state index contributed by atoms with van der Waals surface area (Å²) < 4.78 is 0. The van der Waals surface area contributed by atoms with Crippen molar-refractivity contribution >= 4 is 28.4 Å². The Balaban J connectivity index is 1.92. The first-order valence-corrected chi connectivity index (χ1v) is 6.50. The van der Waals surface area contributed by atoms with E-state index in [-0.39, 0.29) is 0 Å². The molecule has 6 heteroatoms. The van der Waals surface area contributed by atoms with Crippen LogP contribution in [0, 0.1) is 0 Å². The number of hydrogen-bond donors (Lipinski definition) is 3. The Bertz CT molecular complexity index is 601. The van der Waals surface area contributed by atoms with Crippen LogP contribution in [-0.4, -0.2) is 24.2 Å². The number of nitrogens with zero attached hydrogens (tertiary/aromatic N) is 1. The molecule has 0 aliphatic heterocycles. The maximum absolute atomic E-state index is 10.2. The number of amides is 1. The van der Waals surface area contributed by atoms with Crippen LogP contribution < -0.4 is 21.5 Å². The first-order valence-electron chi connectivity index (χ1n) is 6.50. The van der Waals surface area contributed by atoms with Gasteiger partial charge < -0.3 is 26.3 Å². The molecule has 1 aromatic heterocycles. The van der Waals surface area contributed by atoms with Crippen LogP contribution in [0.3, 0.4) is 0 Å². The monoisotopic (exact) mass is 273 g/mol. The highest BCUT2D eigenvalue weighted by Crippen LogP contribution is 2.27. The molecule has 0 unspecified atom stereocenters. The zero-order chi connectivity index (χ0) is 14.4. The summed E-state index contributed by atoms with van der Waals surface area (Å²) in [5.41, 5.74) is 8.32. The largest absolute Gasteiger partial charge is 0.530 e. The van der Waals surface area contributed by atoms with Gasteiger partial charge in [-0.15, -0.1) is 0 Å². The van der Waals surface area contributed by atoms with Crippen molar-refractivity contribution in [3.63, 3.8) is 0 Å². The highest BCUT2D eigenvalue weighted by atomic mass is 16.4. The SMILES string of the molecule is Nc1cnc2ccccc2c1NCCCCNC(=O)[O-]. The molecule has 0 fully saturated rings. The number of nitrogen functional groups attached to an aromatic ring is 1. The van der Waals surface area contributed by atoms with E-state index in [9.17, 15) is 9.90 Å². The lowest BCUT2D eigenvalue weighted by atomic mass is 10.1. The highest BCUT2D eigenvalue weighted by molar-refractivity contribution is 5.96. The molecule has 4 N–H and O–H groups in total. The third kappa shape index (κ3) is 3.50. The van der Waals surface area contributed by atoms with E-state index < -0.39 is 6.09 Å². The fourth-order valence-corrected chi connectivity index (χ4v) is 2.01. The third-order valence-corrected chi connectivity index (χ3v) is 2.98. The van der Waals surface area contributed by atoms with Crippen molar-refractivity contribution in [1.82, 2.24) is 10.3 Å². The molecular formula is C14H17N4O2-. The minimum Gasteiger partial charge on any atom is -0.530 e. The van der Waals surface area contributed by atoms with Gasteiger partial charge >= 0.3 is 0 Å². The number of rotatable bonds is 6. The molecule has 6 nitrogen and oxygen atoms in total. The van der Waals surface area contributed by atoms with Gasteiger partial charge in [-0.2, -0.15) is 0 Å². The second kappa shape index (κ2) is 6.60. The summed E-state index contributed by atoms with van der Waals surface area (Å²) in [6, 6.07) is 7.78. The summed E-state index contributed by atoms with van der Waals surface area (Å²) >= 11 is 0. The molecule has 1 amide bonds. The average Bonchev–Trinajstić information content (AvgIpc) is 2.44. The van der Waals surface area contributed by atoms with Crippen LogP contribution in [0.1, 0.15) is 12.8 Å². The van der Waals surface area contributed by atoms with E-state index in [4.69, 9.17) is 5.73 Å². The van der Waals surface area contributed by atoms with E-state index in [2.05, 4.69) is 15.6 Å². The van der Waals surface area contributed by atoms with Crippen molar-refractivity contribution in [3.05, 3.63) is 30.5 Å². The molecular weight excluding hydrogens is 256 g/mol. The van der Waals surface area contributed by atoms with Gasteiger partial charge in [-0.25, -0.2) is 0 Å². The number of nitrogens with one attached hydrogen (secondary N) is 2. The van der Waals surface area contributed by atoms with Gasteiger partial charge in [0.15, 0.2) is 0 Å². The molecule has 2 aromatic rings. The number of para-hydroxylation sites is 1. The van der Waals surface area contributed by atoms with Crippen LogP contribution in [0.25, 0.3) is 10.9 Å². The lowest BCUT2D eigenvalue weighted by Crippen LogP contribution is -2.37. The summed E-state index contributed by atoms with van der Waals surface area (Å²) in [6.45, 7) is 1.11. The number of carbonyl (C=O) groups is 1. The minimum absolute atomic E-state index is 0.399. The van der Waals surface area contributed by atoms with Crippen LogP contribution in [0.2, 0.25) is 0 Å². The number of unbranched alkanes of at least 4 members (excludes halogenated alkanes) is 1. The number of nitrogens with two attached hydrogens (primary N) is 1. The summed E-state index contributed by atoms with van der Waals surface area (Å²) in [4.78, 5) is 14.5. The van der Waals surface area contributed by atoms with Crippen molar-refractivity contribution < 1.29 is 9.90 Å². The van der Waals surface area contributed by atoms with Gasteiger partial charge in [-0.05, 0) is 18.9 Å². The van der Waals surface area contributed by atoms with Gasteiger partial charge in [0.1, 0.15) is 6.09 Å². The van der Waals surface area contributed by atoms with E-state index in [1.807, 2.05) is 24.3 Å². The lowest BCUT2D eigenvalue weighted by molar-refractivity contribution is -0.250. The highest BCUT2D eigenvalue weighted by Gasteiger charge is 2.05. The Kier molecular flexibility index (Phi) is 4.60. The number of carboxylic acid groups (broad SMARTS) is 1. The van der Waals surface area contributed by atoms with E-state index >= 15 is 0 Å². The van der Waals surface area contributed by atoms with Crippen LogP contribution in [0.15, 0.2) is 30.5 Å². The van der Waals surface area contributed by atoms with E-state index in [1.165, 1.54) is 0 Å². The number of fused-ring (bicyclic) bond motifs is 1. The fourth-order valence-electron chi connectivity index (χ4n) is 2.01. The fraction of sp³-hybridized carbons (Fsp3) is 0.286. The van der Waals surface area contributed by atoms with Crippen LogP contribution in [0.5, 0.6) is 0 Å². The number of aromatic nitrogens is 1. The molecule has 20 heavy (non-hydrogen) atoms. The van der Waals surface area contributed by atoms with Crippen molar-refractivity contribution in [2.45, 2.75) is 12.8 Å². The molecule has 0 saturated carbocycles. The normalized spacial score (nSPS) is 10.4. The maximum atomic E-state index is 10.2. The number of carbonyl (C=O) groups excluding carboxylic acids is 1. The number of anilines is 2. The maximum Gasteiger partial charge on any atom is 0.134 e. The van der Waals surface area contributed by atoms with Crippen molar-refractivity contribution in [2.75, 3.05) is 24.1 Å². The minimum atomic E-state index is -1.23. The lowest BCUT2D eigenvalue weighted by Gasteiger charge is -2.12. The smallest absolute Gasteiger partial charge is 0.134 e. The molecule has 0 aliphatic carbocycles. The number of hydrogen-bond acceptors (Lipinski definition) is 5. The van der Waals surface area contributed by atoms with Gasteiger partial charge in [0.25, 0.3) is 0 Å². The molecule has 0 aliphatic rings. The average molecular weight is 273 g/mol.